The van der Waals surface area contributed by atoms with Crippen molar-refractivity contribution in [2.24, 2.45) is 5.73 Å². The minimum atomic E-state index is -0.779. The van der Waals surface area contributed by atoms with Gasteiger partial charge in [-0.25, -0.2) is 0 Å². The Bertz CT molecular complexity index is 523. The Hall–Kier alpha value is -1.88. The number of benzene rings is 1. The summed E-state index contributed by atoms with van der Waals surface area (Å²) in [6.07, 6.45) is 0. The molecule has 1 atom stereocenters. The summed E-state index contributed by atoms with van der Waals surface area (Å²) < 4.78 is 0. The average molecular weight is 261 g/mol. The molecule has 1 aliphatic heterocycles. The highest BCUT2D eigenvalue weighted by atomic mass is 16.2. The minimum absolute atomic E-state index is 0.155. The summed E-state index contributed by atoms with van der Waals surface area (Å²) in [6, 6.07) is 7.45. The Morgan fingerprint density at radius 3 is 2.58 bits per heavy atom. The molecule has 0 spiro atoms. The van der Waals surface area contributed by atoms with Crippen LogP contribution >= 0.6 is 0 Å². The fourth-order valence-corrected chi connectivity index (χ4v) is 2.29. The molecule has 0 saturated carbocycles. The minimum Gasteiger partial charge on any atom is -0.348 e. The highest BCUT2D eigenvalue weighted by Crippen LogP contribution is 2.31. The Kier molecular flexibility index (Phi) is 3.32. The first-order valence-electron chi connectivity index (χ1n) is 6.30. The summed E-state index contributed by atoms with van der Waals surface area (Å²) >= 11 is 0. The molecule has 1 saturated heterocycles. The maximum Gasteiger partial charge on any atom is 0.251 e. The van der Waals surface area contributed by atoms with Crippen molar-refractivity contribution in [3.63, 3.8) is 0 Å². The lowest BCUT2D eigenvalue weighted by atomic mass is 9.95. The van der Waals surface area contributed by atoms with Gasteiger partial charge in [0.1, 0.15) is 5.54 Å². The maximum atomic E-state index is 12.0. The third-order valence-corrected chi connectivity index (χ3v) is 3.50. The van der Waals surface area contributed by atoms with E-state index in [2.05, 4.69) is 5.32 Å². The van der Waals surface area contributed by atoms with Crippen LogP contribution in [0, 0.1) is 0 Å². The van der Waals surface area contributed by atoms with Gasteiger partial charge in [-0.05, 0) is 32.4 Å². The molecule has 102 valence electrons. The van der Waals surface area contributed by atoms with Gasteiger partial charge in [0.15, 0.2) is 0 Å². The van der Waals surface area contributed by atoms with E-state index in [1.165, 1.54) is 0 Å². The van der Waals surface area contributed by atoms with Crippen molar-refractivity contribution >= 4 is 17.5 Å². The van der Waals surface area contributed by atoms with E-state index in [-0.39, 0.29) is 24.4 Å². The third-order valence-electron chi connectivity index (χ3n) is 3.50. The summed E-state index contributed by atoms with van der Waals surface area (Å²) in [5, 5.41) is 2.37. The molecule has 3 N–H and O–H groups in total. The number of anilines is 1. The Balaban J connectivity index is 2.50. The molecule has 1 heterocycles. The summed E-state index contributed by atoms with van der Waals surface area (Å²) in [5.74, 6) is -0.577. The zero-order chi connectivity index (χ0) is 14.2. The van der Waals surface area contributed by atoms with Crippen LogP contribution in [0.25, 0.3) is 0 Å². The predicted molar refractivity (Wildman–Crippen MR) is 73.6 cm³/mol. The van der Waals surface area contributed by atoms with Crippen LogP contribution in [0.3, 0.4) is 0 Å². The second kappa shape index (κ2) is 4.66. The van der Waals surface area contributed by atoms with Crippen LogP contribution in [0.15, 0.2) is 24.3 Å². The number of hydrogen-bond acceptors (Lipinski definition) is 4. The van der Waals surface area contributed by atoms with Gasteiger partial charge in [-0.3, -0.25) is 14.9 Å². The van der Waals surface area contributed by atoms with Crippen LogP contribution in [0.5, 0.6) is 0 Å². The Morgan fingerprint density at radius 2 is 1.95 bits per heavy atom. The quantitative estimate of drug-likeness (QED) is 0.777. The molecule has 0 aliphatic carbocycles. The third kappa shape index (κ3) is 2.33. The zero-order valence-corrected chi connectivity index (χ0v) is 11.4. The number of imide groups is 1. The largest absolute Gasteiger partial charge is 0.348 e. The van der Waals surface area contributed by atoms with Crippen molar-refractivity contribution in [2.45, 2.75) is 32.4 Å². The van der Waals surface area contributed by atoms with Crippen LogP contribution in [0.2, 0.25) is 0 Å². The number of amides is 2. The number of para-hydroxylation sites is 1. The second-order valence-corrected chi connectivity index (χ2v) is 5.37. The number of carbonyl (C=O) groups is 2. The van der Waals surface area contributed by atoms with Gasteiger partial charge in [-0.1, -0.05) is 18.2 Å². The average Bonchev–Trinajstić information content (AvgIpc) is 2.34. The SMILES string of the molecule is C[C@@H](N)c1ccccc1N1CC(=O)NC(=O)C1(C)C. The lowest BCUT2D eigenvalue weighted by Gasteiger charge is -2.42. The highest BCUT2D eigenvalue weighted by Gasteiger charge is 2.41. The number of piperazine rings is 1. The maximum absolute atomic E-state index is 12.0. The molecular formula is C14H19N3O2. The van der Waals surface area contributed by atoms with E-state index in [4.69, 9.17) is 5.73 Å². The number of rotatable bonds is 2. The lowest BCUT2D eigenvalue weighted by molar-refractivity contribution is -0.135. The van der Waals surface area contributed by atoms with Crippen molar-refractivity contribution < 1.29 is 9.59 Å². The van der Waals surface area contributed by atoms with E-state index >= 15 is 0 Å². The van der Waals surface area contributed by atoms with Gasteiger partial charge >= 0.3 is 0 Å². The topological polar surface area (TPSA) is 75.4 Å². The molecule has 5 heteroatoms. The van der Waals surface area contributed by atoms with Gasteiger partial charge in [0.2, 0.25) is 5.91 Å². The number of nitrogens with two attached hydrogens (primary N) is 1. The van der Waals surface area contributed by atoms with Gasteiger partial charge in [0.05, 0.1) is 6.54 Å². The summed E-state index contributed by atoms with van der Waals surface area (Å²) in [5.41, 5.74) is 6.96. The van der Waals surface area contributed by atoms with E-state index in [0.29, 0.717) is 0 Å². The summed E-state index contributed by atoms with van der Waals surface area (Å²) in [6.45, 7) is 5.64. The molecular weight excluding hydrogens is 242 g/mol. The predicted octanol–water partition coefficient (Wildman–Crippen LogP) is 0.948. The second-order valence-electron chi connectivity index (χ2n) is 5.37. The van der Waals surface area contributed by atoms with Crippen molar-refractivity contribution in [1.82, 2.24) is 5.32 Å². The van der Waals surface area contributed by atoms with Crippen molar-refractivity contribution in [1.29, 1.82) is 0 Å². The van der Waals surface area contributed by atoms with Crippen molar-refractivity contribution in [2.75, 3.05) is 11.4 Å². The van der Waals surface area contributed by atoms with Crippen LogP contribution in [-0.2, 0) is 9.59 Å². The molecule has 0 unspecified atom stereocenters. The molecule has 1 aliphatic rings. The first-order chi connectivity index (χ1) is 8.84. The highest BCUT2D eigenvalue weighted by molar-refractivity contribution is 6.06. The van der Waals surface area contributed by atoms with E-state index in [9.17, 15) is 9.59 Å². The van der Waals surface area contributed by atoms with Crippen molar-refractivity contribution in [3.05, 3.63) is 29.8 Å². The Morgan fingerprint density at radius 1 is 1.32 bits per heavy atom. The monoisotopic (exact) mass is 261 g/mol. The van der Waals surface area contributed by atoms with E-state index in [1.807, 2.05) is 36.1 Å². The number of carbonyl (C=O) groups excluding carboxylic acids is 2. The first-order valence-corrected chi connectivity index (χ1v) is 6.30. The number of nitrogens with one attached hydrogen (secondary N) is 1. The summed E-state index contributed by atoms with van der Waals surface area (Å²) in [4.78, 5) is 25.4. The fourth-order valence-electron chi connectivity index (χ4n) is 2.29. The first kappa shape index (κ1) is 13.5. The zero-order valence-electron chi connectivity index (χ0n) is 11.4. The fraction of sp³-hybridized carbons (Fsp3) is 0.429. The normalized spacial score (nSPS) is 20.1. The van der Waals surface area contributed by atoms with Gasteiger partial charge in [-0.2, -0.15) is 0 Å². The van der Waals surface area contributed by atoms with Gasteiger partial charge in [0.25, 0.3) is 5.91 Å². The standard InChI is InChI=1S/C14H19N3O2/c1-9(15)10-6-4-5-7-11(10)17-8-12(18)16-13(19)14(17,2)3/h4-7,9H,8,15H2,1-3H3,(H,16,18,19)/t9-/m1/s1. The van der Waals surface area contributed by atoms with E-state index < -0.39 is 5.54 Å². The van der Waals surface area contributed by atoms with E-state index in [0.717, 1.165) is 11.3 Å². The molecule has 2 rings (SSSR count). The van der Waals surface area contributed by atoms with Gasteiger partial charge < -0.3 is 10.6 Å². The molecule has 0 radical (unpaired) electrons. The molecule has 19 heavy (non-hydrogen) atoms. The molecule has 1 aromatic carbocycles. The lowest BCUT2D eigenvalue weighted by Crippen LogP contribution is -2.64. The Labute approximate surface area is 112 Å². The number of nitrogens with zero attached hydrogens (tertiary/aromatic N) is 1. The van der Waals surface area contributed by atoms with Crippen molar-refractivity contribution in [3.8, 4) is 0 Å². The van der Waals surface area contributed by atoms with Gasteiger partial charge in [-0.15, -0.1) is 0 Å². The van der Waals surface area contributed by atoms with Crippen LogP contribution in [-0.4, -0.2) is 23.9 Å². The van der Waals surface area contributed by atoms with E-state index in [1.54, 1.807) is 13.8 Å². The molecule has 0 bridgehead atoms. The number of hydrogen-bond donors (Lipinski definition) is 2. The van der Waals surface area contributed by atoms with Crippen LogP contribution in [0.4, 0.5) is 5.69 Å². The molecule has 5 nitrogen and oxygen atoms in total. The molecule has 1 aromatic rings. The molecule has 1 fully saturated rings. The van der Waals surface area contributed by atoms with Gasteiger partial charge in [0, 0.05) is 11.7 Å². The molecule has 2 amide bonds. The van der Waals surface area contributed by atoms with Crippen LogP contribution in [0.1, 0.15) is 32.4 Å². The molecule has 0 aromatic heterocycles. The smallest absolute Gasteiger partial charge is 0.251 e. The summed E-state index contributed by atoms with van der Waals surface area (Å²) in [7, 11) is 0. The van der Waals surface area contributed by atoms with Crippen LogP contribution < -0.4 is 16.0 Å².